The first-order valence-corrected chi connectivity index (χ1v) is 10.6. The first-order valence-electron chi connectivity index (χ1n) is 10.6. The van der Waals surface area contributed by atoms with Gasteiger partial charge in [-0.3, -0.25) is 0 Å². The van der Waals surface area contributed by atoms with Gasteiger partial charge in [-0.05, 0) is 19.9 Å². The lowest BCUT2D eigenvalue weighted by Crippen LogP contribution is -2.34. The summed E-state index contributed by atoms with van der Waals surface area (Å²) in [6, 6.07) is 5.33. The van der Waals surface area contributed by atoms with Gasteiger partial charge in [0.05, 0.1) is 29.9 Å². The van der Waals surface area contributed by atoms with Crippen LogP contribution in [-0.4, -0.2) is 31.0 Å². The van der Waals surface area contributed by atoms with Crippen LogP contribution in [0.5, 0.6) is 0 Å². The van der Waals surface area contributed by atoms with Crippen LogP contribution in [0.15, 0.2) is 42.9 Å². The number of imidazole rings is 1. The van der Waals surface area contributed by atoms with Gasteiger partial charge in [0.1, 0.15) is 29.1 Å². The Bertz CT molecular complexity index is 1320. The number of pyridine rings is 1. The Morgan fingerprint density at radius 3 is 2.73 bits per heavy atom. The third-order valence-corrected chi connectivity index (χ3v) is 5.86. The van der Waals surface area contributed by atoms with E-state index in [0.717, 1.165) is 36.2 Å². The molecule has 4 heterocycles. The average Bonchev–Trinajstić information content (AvgIpc) is 3.26. The molecule has 1 aliphatic heterocycles. The van der Waals surface area contributed by atoms with Gasteiger partial charge in [-0.2, -0.15) is 0 Å². The predicted molar refractivity (Wildman–Crippen MR) is 119 cm³/mol. The second kappa shape index (κ2) is 8.34. The summed E-state index contributed by atoms with van der Waals surface area (Å²) in [6.45, 7) is 5.68. The maximum atomic E-state index is 14.7. The number of anilines is 2. The molecule has 0 radical (unpaired) electrons. The van der Waals surface area contributed by atoms with Crippen molar-refractivity contribution in [2.75, 3.05) is 16.8 Å². The highest BCUT2D eigenvalue weighted by Crippen LogP contribution is 2.31. The molecule has 3 aromatic heterocycles. The number of halogens is 3. The van der Waals surface area contributed by atoms with Crippen LogP contribution in [0, 0.1) is 12.7 Å². The van der Waals surface area contributed by atoms with Gasteiger partial charge in [0.15, 0.2) is 0 Å². The molecule has 1 aliphatic rings. The third-order valence-electron chi connectivity index (χ3n) is 5.86. The van der Waals surface area contributed by atoms with Crippen molar-refractivity contribution in [3.05, 3.63) is 71.4 Å². The smallest absolute Gasteiger partial charge is 0.266 e. The lowest BCUT2D eigenvalue weighted by Gasteiger charge is -2.28. The summed E-state index contributed by atoms with van der Waals surface area (Å²) in [6.07, 6.45) is 2.55. The third kappa shape index (κ3) is 3.96. The molecule has 0 aliphatic carbocycles. The Kier molecular flexibility index (Phi) is 5.35. The molecule has 33 heavy (non-hydrogen) atoms. The number of hydrogen-bond acceptors (Lipinski definition) is 6. The molecule has 0 amide bonds. The summed E-state index contributed by atoms with van der Waals surface area (Å²) in [5.74, 6) is 1.83. The molecule has 7 nitrogen and oxygen atoms in total. The summed E-state index contributed by atoms with van der Waals surface area (Å²) >= 11 is 0. The molecule has 0 saturated heterocycles. The van der Waals surface area contributed by atoms with Gasteiger partial charge < -0.3 is 14.8 Å². The van der Waals surface area contributed by atoms with E-state index in [1.165, 1.54) is 12.1 Å². The Labute approximate surface area is 188 Å². The quantitative estimate of drug-likeness (QED) is 0.468. The van der Waals surface area contributed by atoms with E-state index in [-0.39, 0.29) is 5.56 Å². The number of aryl methyl sites for hydroxylation is 1. The Morgan fingerprint density at radius 1 is 1.09 bits per heavy atom. The van der Waals surface area contributed by atoms with Crippen LogP contribution in [0.4, 0.5) is 24.8 Å². The fourth-order valence-electron chi connectivity index (χ4n) is 4.14. The number of rotatable bonds is 5. The van der Waals surface area contributed by atoms with E-state index >= 15 is 0 Å². The zero-order chi connectivity index (χ0) is 23.1. The summed E-state index contributed by atoms with van der Waals surface area (Å²) in [5, 5.41) is 3.91. The second-order valence-electron chi connectivity index (χ2n) is 8.05. The molecule has 0 unspecified atom stereocenters. The molecule has 0 bridgehead atoms. The van der Waals surface area contributed by atoms with Crippen LogP contribution in [0.2, 0.25) is 0 Å². The van der Waals surface area contributed by atoms with Crippen molar-refractivity contribution in [1.82, 2.24) is 24.5 Å². The van der Waals surface area contributed by atoms with E-state index in [0.29, 0.717) is 23.7 Å². The van der Waals surface area contributed by atoms with Gasteiger partial charge in [-0.15, -0.1) is 0 Å². The topological polar surface area (TPSA) is 71.8 Å². The van der Waals surface area contributed by atoms with E-state index in [1.807, 2.05) is 12.3 Å². The van der Waals surface area contributed by atoms with E-state index < -0.39 is 23.8 Å². The van der Waals surface area contributed by atoms with Crippen LogP contribution >= 0.6 is 0 Å². The van der Waals surface area contributed by atoms with E-state index in [4.69, 9.17) is 0 Å². The molecule has 4 aromatic rings. The summed E-state index contributed by atoms with van der Waals surface area (Å²) in [5.41, 5.74) is 0.176. The highest BCUT2D eigenvalue weighted by molar-refractivity contribution is 5.90. The van der Waals surface area contributed by atoms with Crippen molar-refractivity contribution in [3.8, 4) is 0 Å². The number of alkyl halides is 2. The summed E-state index contributed by atoms with van der Waals surface area (Å²) < 4.78 is 43.1. The zero-order valence-electron chi connectivity index (χ0n) is 18.1. The predicted octanol–water partition coefficient (Wildman–Crippen LogP) is 4.80. The molecule has 5 rings (SSSR count). The molecule has 0 spiro atoms. The lowest BCUT2D eigenvalue weighted by atomic mass is 10.0. The van der Waals surface area contributed by atoms with E-state index in [2.05, 4.69) is 34.7 Å². The molecule has 170 valence electrons. The van der Waals surface area contributed by atoms with Gasteiger partial charge >= 0.3 is 0 Å². The van der Waals surface area contributed by atoms with Crippen LogP contribution < -0.4 is 10.2 Å². The number of benzene rings is 1. The van der Waals surface area contributed by atoms with Crippen molar-refractivity contribution in [3.63, 3.8) is 0 Å². The van der Waals surface area contributed by atoms with Crippen molar-refractivity contribution < 1.29 is 13.2 Å². The second-order valence-corrected chi connectivity index (χ2v) is 8.05. The van der Waals surface area contributed by atoms with E-state index in [1.54, 1.807) is 26.2 Å². The van der Waals surface area contributed by atoms with Crippen molar-refractivity contribution in [2.45, 2.75) is 39.4 Å². The SMILES string of the molecule is Cc1nc(N[C@H](C)c2cccc(C(F)F)c2F)c2cc(N3CCn4ccnc4C3)ncc2n1. The van der Waals surface area contributed by atoms with Crippen molar-refractivity contribution >= 4 is 22.5 Å². The number of nitrogens with zero attached hydrogens (tertiary/aromatic N) is 6. The number of hydrogen-bond donors (Lipinski definition) is 1. The Morgan fingerprint density at radius 2 is 1.91 bits per heavy atom. The van der Waals surface area contributed by atoms with Crippen LogP contribution in [0.25, 0.3) is 10.9 Å². The van der Waals surface area contributed by atoms with Gasteiger partial charge in [-0.25, -0.2) is 33.1 Å². The van der Waals surface area contributed by atoms with Gasteiger partial charge in [0.2, 0.25) is 0 Å². The zero-order valence-corrected chi connectivity index (χ0v) is 18.1. The Balaban J connectivity index is 1.49. The standard InChI is InChI=1S/C23H22F3N7/c1-13(15-4-3-5-16(21(15)24)22(25)26)29-23-17-10-19(28-11-18(17)30-14(2)31-23)33-9-8-32-7-6-27-20(32)12-33/h3-7,10-11,13,22H,8-9,12H2,1-2H3,(H,29,30,31)/t13-/m1/s1. The molecular weight excluding hydrogens is 431 g/mol. The minimum Gasteiger partial charge on any atom is -0.363 e. The molecule has 0 saturated carbocycles. The van der Waals surface area contributed by atoms with Crippen molar-refractivity contribution in [2.24, 2.45) is 0 Å². The fraction of sp³-hybridized carbons (Fsp3) is 0.304. The first kappa shape index (κ1) is 21.2. The Hall–Kier alpha value is -3.69. The molecule has 1 atom stereocenters. The first-order chi connectivity index (χ1) is 15.9. The minimum absolute atomic E-state index is 0.148. The van der Waals surface area contributed by atoms with Crippen LogP contribution in [0.3, 0.4) is 0 Å². The largest absolute Gasteiger partial charge is 0.363 e. The number of nitrogens with one attached hydrogen (secondary N) is 1. The molecular formula is C23H22F3N7. The molecule has 0 fully saturated rings. The number of fused-ring (bicyclic) bond motifs is 2. The molecule has 1 aromatic carbocycles. The fourth-order valence-corrected chi connectivity index (χ4v) is 4.14. The minimum atomic E-state index is -2.88. The maximum absolute atomic E-state index is 14.7. The van der Waals surface area contributed by atoms with Gasteiger partial charge in [0, 0.05) is 36.4 Å². The van der Waals surface area contributed by atoms with Crippen LogP contribution in [-0.2, 0) is 13.1 Å². The summed E-state index contributed by atoms with van der Waals surface area (Å²) in [4.78, 5) is 20.1. The van der Waals surface area contributed by atoms with Gasteiger partial charge in [-0.1, -0.05) is 18.2 Å². The molecule has 1 N–H and O–H groups in total. The van der Waals surface area contributed by atoms with Crippen LogP contribution in [0.1, 0.15) is 42.2 Å². The average molecular weight is 453 g/mol. The van der Waals surface area contributed by atoms with Gasteiger partial charge in [0.25, 0.3) is 6.43 Å². The van der Waals surface area contributed by atoms with E-state index in [9.17, 15) is 13.2 Å². The lowest BCUT2D eigenvalue weighted by molar-refractivity contribution is 0.146. The maximum Gasteiger partial charge on any atom is 0.266 e. The highest BCUT2D eigenvalue weighted by Gasteiger charge is 2.22. The number of aromatic nitrogens is 5. The highest BCUT2D eigenvalue weighted by atomic mass is 19.3. The monoisotopic (exact) mass is 453 g/mol. The summed E-state index contributed by atoms with van der Waals surface area (Å²) in [7, 11) is 0. The van der Waals surface area contributed by atoms with Crippen molar-refractivity contribution in [1.29, 1.82) is 0 Å². The molecule has 10 heteroatoms. The normalized spacial score (nSPS) is 14.5.